The molecule has 0 aliphatic heterocycles. The molecule has 1 aliphatic carbocycles. The number of aromatic nitrogens is 1. The van der Waals surface area contributed by atoms with E-state index in [1.165, 1.54) is 11.4 Å². The molecule has 2 rings (SSSR count). The summed E-state index contributed by atoms with van der Waals surface area (Å²) in [6, 6.07) is 0. The largest absolute Gasteiger partial charge is 0.325 e. The van der Waals surface area contributed by atoms with Crippen LogP contribution in [0, 0.1) is 11.8 Å². The van der Waals surface area contributed by atoms with E-state index in [0.717, 1.165) is 31.1 Å². The summed E-state index contributed by atoms with van der Waals surface area (Å²) < 4.78 is 0. The normalized spacial score (nSPS) is 36.7. The van der Waals surface area contributed by atoms with Crippen molar-refractivity contribution in [2.24, 2.45) is 17.6 Å². The number of thiazole rings is 1. The average molecular weight is 224 g/mol. The fourth-order valence-corrected chi connectivity index (χ4v) is 3.32. The molecule has 1 aromatic rings. The Labute approximate surface area is 95.9 Å². The monoisotopic (exact) mass is 224 g/mol. The van der Waals surface area contributed by atoms with Gasteiger partial charge in [0, 0.05) is 23.5 Å². The van der Waals surface area contributed by atoms with Crippen LogP contribution in [-0.2, 0) is 6.42 Å². The molecule has 3 unspecified atom stereocenters. The molecule has 2 nitrogen and oxygen atoms in total. The van der Waals surface area contributed by atoms with Gasteiger partial charge in [-0.05, 0) is 31.1 Å². The number of rotatable bonds is 2. The van der Waals surface area contributed by atoms with Crippen molar-refractivity contribution in [2.75, 3.05) is 0 Å². The van der Waals surface area contributed by atoms with Gasteiger partial charge in [-0.1, -0.05) is 13.8 Å². The minimum atomic E-state index is 0.00375. The summed E-state index contributed by atoms with van der Waals surface area (Å²) in [5.41, 5.74) is 6.47. The number of hydrogen-bond donors (Lipinski definition) is 1. The number of hydrogen-bond acceptors (Lipinski definition) is 3. The Kier molecular flexibility index (Phi) is 3.12. The zero-order valence-corrected chi connectivity index (χ0v) is 10.4. The topological polar surface area (TPSA) is 38.9 Å². The van der Waals surface area contributed by atoms with Crippen molar-refractivity contribution < 1.29 is 0 Å². The molecule has 15 heavy (non-hydrogen) atoms. The van der Waals surface area contributed by atoms with Crippen LogP contribution in [0.2, 0.25) is 0 Å². The van der Waals surface area contributed by atoms with Gasteiger partial charge in [-0.2, -0.15) is 0 Å². The Morgan fingerprint density at radius 2 is 2.33 bits per heavy atom. The van der Waals surface area contributed by atoms with Crippen LogP contribution in [0.25, 0.3) is 0 Å². The minimum Gasteiger partial charge on any atom is -0.325 e. The molecule has 2 N–H and O–H groups in total. The lowest BCUT2D eigenvalue weighted by Crippen LogP contribution is -2.47. The van der Waals surface area contributed by atoms with Crippen LogP contribution in [0.4, 0.5) is 0 Å². The van der Waals surface area contributed by atoms with Crippen molar-refractivity contribution in [1.82, 2.24) is 4.98 Å². The molecule has 1 aliphatic rings. The van der Waals surface area contributed by atoms with Crippen LogP contribution >= 0.6 is 11.3 Å². The van der Waals surface area contributed by atoms with Crippen molar-refractivity contribution in [3.63, 3.8) is 0 Å². The first-order valence-corrected chi connectivity index (χ1v) is 6.64. The SMILES string of the molecule is CC1CCC(N)(Cc2nccs2)CC1C. The summed E-state index contributed by atoms with van der Waals surface area (Å²) in [6.45, 7) is 4.67. The van der Waals surface area contributed by atoms with Crippen molar-refractivity contribution in [2.45, 2.75) is 45.1 Å². The Hall–Kier alpha value is -0.410. The quantitative estimate of drug-likeness (QED) is 0.839. The summed E-state index contributed by atoms with van der Waals surface area (Å²) in [6.07, 6.45) is 6.40. The van der Waals surface area contributed by atoms with E-state index >= 15 is 0 Å². The zero-order valence-electron chi connectivity index (χ0n) is 9.57. The van der Waals surface area contributed by atoms with Gasteiger partial charge in [0.25, 0.3) is 0 Å². The molecule has 3 atom stereocenters. The zero-order chi connectivity index (χ0) is 10.9. The predicted octanol–water partition coefficient (Wildman–Crippen LogP) is 2.84. The van der Waals surface area contributed by atoms with Crippen LogP contribution in [0.1, 0.15) is 38.1 Å². The van der Waals surface area contributed by atoms with Crippen LogP contribution in [-0.4, -0.2) is 10.5 Å². The highest BCUT2D eigenvalue weighted by Crippen LogP contribution is 2.36. The fraction of sp³-hybridized carbons (Fsp3) is 0.750. The first kappa shape index (κ1) is 11.1. The van der Waals surface area contributed by atoms with Gasteiger partial charge in [0.2, 0.25) is 0 Å². The molecule has 3 heteroatoms. The highest BCUT2D eigenvalue weighted by molar-refractivity contribution is 7.09. The molecule has 1 fully saturated rings. The molecule has 0 spiro atoms. The van der Waals surface area contributed by atoms with Crippen LogP contribution in [0.3, 0.4) is 0 Å². The molecule has 1 saturated carbocycles. The van der Waals surface area contributed by atoms with E-state index in [4.69, 9.17) is 5.73 Å². The minimum absolute atomic E-state index is 0.00375. The summed E-state index contributed by atoms with van der Waals surface area (Å²) in [4.78, 5) is 4.34. The van der Waals surface area contributed by atoms with Gasteiger partial charge in [-0.3, -0.25) is 0 Å². The van der Waals surface area contributed by atoms with Gasteiger partial charge in [-0.15, -0.1) is 11.3 Å². The van der Waals surface area contributed by atoms with Gasteiger partial charge in [0.05, 0.1) is 5.01 Å². The Bertz CT molecular complexity index is 309. The summed E-state index contributed by atoms with van der Waals surface area (Å²) in [7, 11) is 0. The molecule has 84 valence electrons. The molecule has 1 heterocycles. The highest BCUT2D eigenvalue weighted by atomic mass is 32.1. The van der Waals surface area contributed by atoms with E-state index in [2.05, 4.69) is 18.8 Å². The Morgan fingerprint density at radius 1 is 1.53 bits per heavy atom. The predicted molar refractivity (Wildman–Crippen MR) is 64.9 cm³/mol. The molecule has 0 radical (unpaired) electrons. The molecular weight excluding hydrogens is 204 g/mol. The lowest BCUT2D eigenvalue weighted by molar-refractivity contribution is 0.175. The molecule has 0 aromatic carbocycles. The number of nitrogens with two attached hydrogens (primary N) is 1. The standard InChI is InChI=1S/C12H20N2S/c1-9-3-4-12(13,7-10(9)2)8-11-14-5-6-15-11/h5-6,9-10H,3-4,7-8,13H2,1-2H3. The van der Waals surface area contributed by atoms with E-state index in [1.807, 2.05) is 11.6 Å². The molecule has 0 bridgehead atoms. The molecule has 0 saturated heterocycles. The average Bonchev–Trinajstić information content (AvgIpc) is 2.64. The Balaban J connectivity index is 2.01. The van der Waals surface area contributed by atoms with Crippen molar-refractivity contribution in [3.8, 4) is 0 Å². The van der Waals surface area contributed by atoms with E-state index in [9.17, 15) is 0 Å². The van der Waals surface area contributed by atoms with Crippen LogP contribution < -0.4 is 5.73 Å². The maximum Gasteiger partial charge on any atom is 0.0943 e. The van der Waals surface area contributed by atoms with Gasteiger partial charge >= 0.3 is 0 Å². The third-order valence-electron chi connectivity index (χ3n) is 3.78. The highest BCUT2D eigenvalue weighted by Gasteiger charge is 2.34. The summed E-state index contributed by atoms with van der Waals surface area (Å²) >= 11 is 1.73. The second kappa shape index (κ2) is 4.22. The van der Waals surface area contributed by atoms with Gasteiger partial charge in [0.1, 0.15) is 0 Å². The third kappa shape index (κ3) is 2.58. The fourth-order valence-electron chi connectivity index (χ4n) is 2.55. The third-order valence-corrected chi connectivity index (χ3v) is 4.56. The summed E-state index contributed by atoms with van der Waals surface area (Å²) in [5.74, 6) is 1.58. The second-order valence-electron chi connectivity index (χ2n) is 5.16. The second-order valence-corrected chi connectivity index (χ2v) is 6.14. The summed E-state index contributed by atoms with van der Waals surface area (Å²) in [5, 5.41) is 3.23. The van der Waals surface area contributed by atoms with Crippen molar-refractivity contribution >= 4 is 11.3 Å². The smallest absolute Gasteiger partial charge is 0.0943 e. The first-order valence-electron chi connectivity index (χ1n) is 5.76. The Morgan fingerprint density at radius 3 is 2.93 bits per heavy atom. The molecule has 0 amide bonds. The van der Waals surface area contributed by atoms with Gasteiger partial charge < -0.3 is 5.73 Å². The molecule has 1 aromatic heterocycles. The number of nitrogens with zero attached hydrogens (tertiary/aromatic N) is 1. The van der Waals surface area contributed by atoms with Crippen LogP contribution in [0.15, 0.2) is 11.6 Å². The van der Waals surface area contributed by atoms with E-state index in [1.54, 1.807) is 11.3 Å². The maximum atomic E-state index is 6.47. The van der Waals surface area contributed by atoms with E-state index in [0.29, 0.717) is 0 Å². The van der Waals surface area contributed by atoms with E-state index in [-0.39, 0.29) is 5.54 Å². The first-order chi connectivity index (χ1) is 7.09. The van der Waals surface area contributed by atoms with Gasteiger partial charge in [-0.25, -0.2) is 4.98 Å². The lowest BCUT2D eigenvalue weighted by atomic mass is 9.70. The van der Waals surface area contributed by atoms with E-state index < -0.39 is 0 Å². The van der Waals surface area contributed by atoms with Gasteiger partial charge in [0.15, 0.2) is 0 Å². The van der Waals surface area contributed by atoms with Crippen molar-refractivity contribution in [3.05, 3.63) is 16.6 Å². The molecular formula is C12H20N2S. The van der Waals surface area contributed by atoms with Crippen molar-refractivity contribution in [1.29, 1.82) is 0 Å². The maximum absolute atomic E-state index is 6.47. The van der Waals surface area contributed by atoms with Crippen LogP contribution in [0.5, 0.6) is 0 Å². The lowest BCUT2D eigenvalue weighted by Gasteiger charge is -2.39.